The molecule has 3 rings (SSSR count). The molecule has 1 aromatic heterocycles. The molecule has 0 fully saturated rings. The number of nitrogens with one attached hydrogen (secondary N) is 1. The van der Waals surface area contributed by atoms with Crippen LogP contribution in [-0.4, -0.2) is 15.5 Å². The van der Waals surface area contributed by atoms with Crippen molar-refractivity contribution in [3.05, 3.63) is 62.5 Å². The maximum absolute atomic E-state index is 12.9. The van der Waals surface area contributed by atoms with Crippen molar-refractivity contribution in [2.24, 2.45) is 0 Å². The van der Waals surface area contributed by atoms with Gasteiger partial charge in [0, 0.05) is 10.5 Å². The second kappa shape index (κ2) is 6.37. The lowest BCUT2D eigenvalue weighted by Gasteiger charge is -2.14. The molecule has 0 unspecified atom stereocenters. The first-order chi connectivity index (χ1) is 11.1. The number of fused-ring (bicyclic) bond motifs is 1. The number of nitrogens with zero attached hydrogens (tertiary/aromatic N) is 2. The summed E-state index contributed by atoms with van der Waals surface area (Å²) >= 11 is 2.14. The number of carbonyl (C=O) groups excluding carboxylic acids is 1. The Hall–Kier alpha value is -2.42. The van der Waals surface area contributed by atoms with E-state index >= 15 is 0 Å². The Balaban J connectivity index is 2.28. The van der Waals surface area contributed by atoms with Crippen LogP contribution in [0.15, 0.2) is 53.3 Å². The Kier molecular flexibility index (Phi) is 4.28. The number of para-hydroxylation sites is 1. The molecule has 0 saturated carbocycles. The lowest BCUT2D eigenvalue weighted by molar-refractivity contribution is -0.138. The molecule has 116 valence electrons. The van der Waals surface area contributed by atoms with Gasteiger partial charge >= 0.3 is 5.97 Å². The molecule has 0 amide bonds. The molecular weight excluding hydrogens is 409 g/mol. The predicted molar refractivity (Wildman–Crippen MR) is 95.4 cm³/mol. The average molecular weight is 421 g/mol. The molecule has 1 N–H and O–H groups in total. The van der Waals surface area contributed by atoms with Crippen molar-refractivity contribution in [1.82, 2.24) is 9.55 Å². The third-order valence-corrected chi connectivity index (χ3v) is 3.80. The lowest BCUT2D eigenvalue weighted by atomic mass is 10.2. The topological polar surface area (TPSA) is 73.2 Å². The van der Waals surface area contributed by atoms with E-state index in [0.717, 1.165) is 3.57 Å². The number of anilines is 1. The Labute approximate surface area is 145 Å². The minimum absolute atomic E-state index is 0.144. The van der Waals surface area contributed by atoms with Crippen molar-refractivity contribution < 1.29 is 9.63 Å². The molecule has 7 heteroatoms. The number of rotatable bonds is 3. The molecule has 2 aromatic carbocycles. The molecule has 3 aromatic rings. The van der Waals surface area contributed by atoms with Crippen molar-refractivity contribution in [3.63, 3.8) is 0 Å². The third kappa shape index (κ3) is 3.19. The van der Waals surface area contributed by atoms with Crippen molar-refractivity contribution in [2.45, 2.75) is 6.92 Å². The maximum Gasteiger partial charge on any atom is 0.329 e. The van der Waals surface area contributed by atoms with E-state index < -0.39 is 5.97 Å². The van der Waals surface area contributed by atoms with Crippen LogP contribution in [0.4, 0.5) is 5.95 Å². The first-order valence-electron chi connectivity index (χ1n) is 6.77. The molecule has 0 saturated heterocycles. The number of halogens is 1. The number of carbonyl (C=O) groups is 1. The van der Waals surface area contributed by atoms with E-state index in [9.17, 15) is 9.59 Å². The Morgan fingerprint density at radius 2 is 1.96 bits per heavy atom. The van der Waals surface area contributed by atoms with Crippen LogP contribution in [0.5, 0.6) is 0 Å². The van der Waals surface area contributed by atoms with E-state index in [1.54, 1.807) is 24.3 Å². The summed E-state index contributed by atoms with van der Waals surface area (Å²) in [6.07, 6.45) is 0. The second-order valence-electron chi connectivity index (χ2n) is 4.77. The molecule has 1 heterocycles. The van der Waals surface area contributed by atoms with Crippen LogP contribution in [-0.2, 0) is 9.63 Å². The molecule has 6 nitrogen and oxygen atoms in total. The molecule has 23 heavy (non-hydrogen) atoms. The maximum atomic E-state index is 12.9. The summed E-state index contributed by atoms with van der Waals surface area (Å²) in [6.45, 7) is 1.27. The smallest absolute Gasteiger partial charge is 0.329 e. The molecule has 0 aliphatic carbocycles. The summed E-state index contributed by atoms with van der Waals surface area (Å²) in [7, 11) is 0. The number of hydrogen-bond donors (Lipinski definition) is 1. The van der Waals surface area contributed by atoms with E-state index in [1.807, 2.05) is 24.3 Å². The van der Waals surface area contributed by atoms with Crippen LogP contribution in [0.2, 0.25) is 0 Å². The van der Waals surface area contributed by atoms with Gasteiger partial charge in [0.1, 0.15) is 0 Å². The van der Waals surface area contributed by atoms with Gasteiger partial charge in [0.25, 0.3) is 5.56 Å². The zero-order valence-electron chi connectivity index (χ0n) is 12.1. The highest BCUT2D eigenvalue weighted by atomic mass is 127. The Bertz CT molecular complexity index is 938. The second-order valence-corrected chi connectivity index (χ2v) is 6.01. The quantitative estimate of drug-likeness (QED) is 0.520. The zero-order chi connectivity index (χ0) is 16.4. The third-order valence-electron chi connectivity index (χ3n) is 3.13. The average Bonchev–Trinajstić information content (AvgIpc) is 2.54. The first-order valence-corrected chi connectivity index (χ1v) is 7.85. The molecule has 0 radical (unpaired) electrons. The number of hydrogen-bond acceptors (Lipinski definition) is 5. The summed E-state index contributed by atoms with van der Waals surface area (Å²) < 4.78 is 2.32. The van der Waals surface area contributed by atoms with Gasteiger partial charge in [-0.25, -0.2) is 9.55 Å². The van der Waals surface area contributed by atoms with Gasteiger partial charge in [0.05, 0.1) is 16.6 Å². The first kappa shape index (κ1) is 15.5. The van der Waals surface area contributed by atoms with Crippen LogP contribution in [0.25, 0.3) is 16.6 Å². The monoisotopic (exact) mass is 421 g/mol. The lowest BCUT2D eigenvalue weighted by Crippen LogP contribution is -2.24. The fraction of sp³-hybridized carbons (Fsp3) is 0.0625. The van der Waals surface area contributed by atoms with Gasteiger partial charge in [-0.05, 0) is 52.9 Å². The van der Waals surface area contributed by atoms with Crippen LogP contribution in [0.1, 0.15) is 6.92 Å². The fourth-order valence-corrected chi connectivity index (χ4v) is 2.65. The van der Waals surface area contributed by atoms with E-state index in [0.29, 0.717) is 16.6 Å². The van der Waals surface area contributed by atoms with Gasteiger partial charge in [-0.15, -0.1) is 0 Å². The molecular formula is C16H12IN3O3. The Morgan fingerprint density at radius 1 is 1.22 bits per heavy atom. The SMILES string of the molecule is CC(=O)ONc1nc2ccc(I)cc2c(=O)n1-c1ccccc1. The summed E-state index contributed by atoms with van der Waals surface area (Å²) in [4.78, 5) is 33.1. The standard InChI is InChI=1S/C16H12IN3O3/c1-10(21)23-19-16-18-14-8-7-11(17)9-13(14)15(22)20(16)12-5-3-2-4-6-12/h2-9H,1H3,(H,18,19). The summed E-state index contributed by atoms with van der Waals surface area (Å²) in [5, 5.41) is 0.495. The predicted octanol–water partition coefficient (Wildman–Crippen LogP) is 2.88. The van der Waals surface area contributed by atoms with Crippen LogP contribution < -0.4 is 11.0 Å². The van der Waals surface area contributed by atoms with E-state index in [-0.39, 0.29) is 11.5 Å². The van der Waals surface area contributed by atoms with Crippen molar-refractivity contribution in [1.29, 1.82) is 0 Å². The molecule has 0 spiro atoms. The molecule has 0 aliphatic rings. The fourth-order valence-electron chi connectivity index (χ4n) is 2.16. The summed E-state index contributed by atoms with van der Waals surface area (Å²) in [5.74, 6) is -0.383. The van der Waals surface area contributed by atoms with Gasteiger partial charge in [0.15, 0.2) is 0 Å². The van der Waals surface area contributed by atoms with Gasteiger partial charge in [-0.3, -0.25) is 9.59 Å². The van der Waals surface area contributed by atoms with Crippen molar-refractivity contribution in [3.8, 4) is 5.69 Å². The van der Waals surface area contributed by atoms with E-state index in [2.05, 4.69) is 33.1 Å². The van der Waals surface area contributed by atoms with Crippen LogP contribution >= 0.6 is 22.6 Å². The highest BCUT2D eigenvalue weighted by Gasteiger charge is 2.13. The molecule has 0 bridgehead atoms. The van der Waals surface area contributed by atoms with Crippen molar-refractivity contribution in [2.75, 3.05) is 5.48 Å². The van der Waals surface area contributed by atoms with Gasteiger partial charge in [-0.2, -0.15) is 5.48 Å². The molecule has 0 aliphatic heterocycles. The number of benzene rings is 2. The largest absolute Gasteiger partial charge is 0.341 e. The van der Waals surface area contributed by atoms with E-state index in [1.165, 1.54) is 11.5 Å². The highest BCUT2D eigenvalue weighted by molar-refractivity contribution is 14.1. The van der Waals surface area contributed by atoms with Gasteiger partial charge in [0.2, 0.25) is 5.95 Å². The Morgan fingerprint density at radius 3 is 2.65 bits per heavy atom. The van der Waals surface area contributed by atoms with Gasteiger partial charge < -0.3 is 4.84 Å². The van der Waals surface area contributed by atoms with E-state index in [4.69, 9.17) is 4.84 Å². The minimum Gasteiger partial charge on any atom is -0.341 e. The van der Waals surface area contributed by atoms with Gasteiger partial charge in [-0.1, -0.05) is 18.2 Å². The normalized spacial score (nSPS) is 10.5. The zero-order valence-corrected chi connectivity index (χ0v) is 14.3. The van der Waals surface area contributed by atoms with Crippen LogP contribution in [0.3, 0.4) is 0 Å². The molecule has 0 atom stereocenters. The van der Waals surface area contributed by atoms with Crippen LogP contribution in [0, 0.1) is 3.57 Å². The van der Waals surface area contributed by atoms with Crippen molar-refractivity contribution >= 4 is 45.4 Å². The highest BCUT2D eigenvalue weighted by Crippen LogP contribution is 2.18. The summed E-state index contributed by atoms with van der Waals surface area (Å²) in [5.41, 5.74) is 3.37. The summed E-state index contributed by atoms with van der Waals surface area (Å²) in [6, 6.07) is 14.4. The minimum atomic E-state index is -0.526. The number of aromatic nitrogens is 2.